The lowest BCUT2D eigenvalue weighted by molar-refractivity contribution is 0.0948. The number of H-pyrrole nitrogens is 1. The number of nitrogens with one attached hydrogen (secondary N) is 1. The highest BCUT2D eigenvalue weighted by atomic mass is 16.1. The molecule has 0 fully saturated rings. The first-order valence-electron chi connectivity index (χ1n) is 5.19. The number of hydrogen-bond acceptors (Lipinski definition) is 4. The fourth-order valence-electron chi connectivity index (χ4n) is 2.16. The zero-order valence-corrected chi connectivity index (χ0v) is 8.55. The molecule has 2 aromatic rings. The van der Waals surface area contributed by atoms with E-state index in [-0.39, 0.29) is 11.7 Å². The highest BCUT2D eigenvalue weighted by molar-refractivity contribution is 5.98. The summed E-state index contributed by atoms with van der Waals surface area (Å²) in [6.45, 7) is 0. The molecule has 80 valence electrons. The minimum Gasteiger partial charge on any atom is -0.290 e. The lowest BCUT2D eigenvalue weighted by Gasteiger charge is -2.06. The number of fused-ring (bicyclic) bond motifs is 1. The molecular formula is C11H10N4O. The molecule has 0 spiro atoms. The number of carbonyl (C=O) groups is 1. The lowest BCUT2D eigenvalue weighted by Crippen LogP contribution is -2.13. The smallest absolute Gasteiger partial charge is 0.208 e. The van der Waals surface area contributed by atoms with Gasteiger partial charge in [0.1, 0.15) is 6.33 Å². The summed E-state index contributed by atoms with van der Waals surface area (Å²) >= 11 is 0. The molecule has 1 atom stereocenters. The Labute approximate surface area is 91.9 Å². The van der Waals surface area contributed by atoms with E-state index in [0.29, 0.717) is 5.82 Å². The second-order valence-corrected chi connectivity index (χ2v) is 3.84. The molecule has 0 bridgehead atoms. The maximum absolute atomic E-state index is 12.1. The standard InChI is InChI=1S/C11H10N4O/c16-10(11-13-6-14-15-11)8-4-3-7-2-1-5-12-9(7)8/h1-2,5-6,8H,3-4H2,(H,13,14,15). The zero-order chi connectivity index (χ0) is 11.0. The van der Waals surface area contributed by atoms with Crippen LogP contribution in [0.4, 0.5) is 0 Å². The molecule has 2 aromatic heterocycles. The quantitative estimate of drug-likeness (QED) is 0.760. The van der Waals surface area contributed by atoms with Crippen molar-refractivity contribution in [2.45, 2.75) is 18.8 Å². The molecule has 2 heterocycles. The van der Waals surface area contributed by atoms with E-state index < -0.39 is 0 Å². The molecule has 0 saturated heterocycles. The number of aromatic nitrogens is 4. The molecule has 1 aliphatic carbocycles. The second kappa shape index (κ2) is 3.52. The summed E-state index contributed by atoms with van der Waals surface area (Å²) in [6, 6.07) is 3.93. The number of nitrogens with zero attached hydrogens (tertiary/aromatic N) is 3. The fourth-order valence-corrected chi connectivity index (χ4v) is 2.16. The van der Waals surface area contributed by atoms with E-state index in [0.717, 1.165) is 18.5 Å². The first-order valence-corrected chi connectivity index (χ1v) is 5.19. The SMILES string of the molecule is O=C(c1ncn[nH]1)C1CCc2cccnc21. The minimum atomic E-state index is -0.163. The van der Waals surface area contributed by atoms with Crippen molar-refractivity contribution < 1.29 is 4.79 Å². The van der Waals surface area contributed by atoms with Gasteiger partial charge in [0, 0.05) is 6.20 Å². The number of aromatic amines is 1. The largest absolute Gasteiger partial charge is 0.290 e. The van der Waals surface area contributed by atoms with Crippen molar-refractivity contribution in [2.75, 3.05) is 0 Å². The normalized spacial score (nSPS) is 18.4. The van der Waals surface area contributed by atoms with Crippen molar-refractivity contribution >= 4 is 5.78 Å². The third-order valence-corrected chi connectivity index (χ3v) is 2.92. The summed E-state index contributed by atoms with van der Waals surface area (Å²) in [5.74, 6) is 0.141. The van der Waals surface area contributed by atoms with Crippen molar-refractivity contribution in [1.82, 2.24) is 20.2 Å². The summed E-state index contributed by atoms with van der Waals surface area (Å²) in [4.78, 5) is 20.3. The van der Waals surface area contributed by atoms with E-state index in [9.17, 15) is 4.79 Å². The maximum atomic E-state index is 12.1. The molecule has 0 amide bonds. The van der Waals surface area contributed by atoms with E-state index in [1.807, 2.05) is 12.1 Å². The number of ketones is 1. The van der Waals surface area contributed by atoms with Gasteiger partial charge >= 0.3 is 0 Å². The van der Waals surface area contributed by atoms with Gasteiger partial charge in [0.15, 0.2) is 5.82 Å². The number of pyridine rings is 1. The third-order valence-electron chi connectivity index (χ3n) is 2.92. The monoisotopic (exact) mass is 214 g/mol. The van der Waals surface area contributed by atoms with Gasteiger partial charge < -0.3 is 0 Å². The van der Waals surface area contributed by atoms with Crippen LogP contribution in [-0.4, -0.2) is 25.9 Å². The van der Waals surface area contributed by atoms with Crippen molar-refractivity contribution in [3.05, 3.63) is 41.7 Å². The van der Waals surface area contributed by atoms with Gasteiger partial charge in [0.05, 0.1) is 11.6 Å². The topological polar surface area (TPSA) is 71.5 Å². The highest BCUT2D eigenvalue weighted by Crippen LogP contribution is 2.32. The Morgan fingerprint density at radius 2 is 2.38 bits per heavy atom. The molecular weight excluding hydrogens is 204 g/mol. The van der Waals surface area contributed by atoms with Gasteiger partial charge in [0.25, 0.3) is 0 Å². The average Bonchev–Trinajstić information content (AvgIpc) is 2.98. The van der Waals surface area contributed by atoms with Gasteiger partial charge in [-0.25, -0.2) is 4.98 Å². The Hall–Kier alpha value is -2.04. The van der Waals surface area contributed by atoms with Gasteiger partial charge in [-0.15, -0.1) is 0 Å². The average molecular weight is 214 g/mol. The Balaban J connectivity index is 1.96. The van der Waals surface area contributed by atoms with Crippen LogP contribution in [0.5, 0.6) is 0 Å². The van der Waals surface area contributed by atoms with E-state index in [1.165, 1.54) is 11.9 Å². The van der Waals surface area contributed by atoms with E-state index in [1.54, 1.807) is 6.20 Å². The summed E-state index contributed by atoms with van der Waals surface area (Å²) < 4.78 is 0. The van der Waals surface area contributed by atoms with Crippen LogP contribution in [0, 0.1) is 0 Å². The molecule has 0 radical (unpaired) electrons. The molecule has 1 aliphatic rings. The minimum absolute atomic E-state index is 0.0186. The Morgan fingerprint density at radius 3 is 3.19 bits per heavy atom. The third kappa shape index (κ3) is 1.32. The fraction of sp³-hybridized carbons (Fsp3) is 0.273. The van der Waals surface area contributed by atoms with Crippen LogP contribution in [0.2, 0.25) is 0 Å². The number of aryl methyl sites for hydroxylation is 1. The molecule has 1 N–H and O–H groups in total. The number of Topliss-reactive ketones (excluding diaryl/α,β-unsaturated/α-hetero) is 1. The molecule has 5 heteroatoms. The molecule has 16 heavy (non-hydrogen) atoms. The van der Waals surface area contributed by atoms with E-state index in [4.69, 9.17) is 0 Å². The molecule has 3 rings (SSSR count). The molecule has 0 aliphatic heterocycles. The molecule has 0 aromatic carbocycles. The zero-order valence-electron chi connectivity index (χ0n) is 8.55. The second-order valence-electron chi connectivity index (χ2n) is 3.84. The van der Waals surface area contributed by atoms with Crippen molar-refractivity contribution in [3.8, 4) is 0 Å². The van der Waals surface area contributed by atoms with Crippen LogP contribution in [0.3, 0.4) is 0 Å². The predicted molar refractivity (Wildman–Crippen MR) is 56.0 cm³/mol. The van der Waals surface area contributed by atoms with Crippen LogP contribution in [0.1, 0.15) is 34.2 Å². The van der Waals surface area contributed by atoms with Crippen LogP contribution in [0.25, 0.3) is 0 Å². The van der Waals surface area contributed by atoms with Crippen LogP contribution >= 0.6 is 0 Å². The Kier molecular flexibility index (Phi) is 2.02. The van der Waals surface area contributed by atoms with Crippen LogP contribution in [0.15, 0.2) is 24.7 Å². The van der Waals surface area contributed by atoms with Crippen molar-refractivity contribution in [2.24, 2.45) is 0 Å². The van der Waals surface area contributed by atoms with Gasteiger partial charge in [-0.1, -0.05) is 6.07 Å². The molecule has 5 nitrogen and oxygen atoms in total. The van der Waals surface area contributed by atoms with Gasteiger partial charge in [-0.05, 0) is 24.5 Å². The van der Waals surface area contributed by atoms with Crippen molar-refractivity contribution in [3.63, 3.8) is 0 Å². The summed E-state index contributed by atoms with van der Waals surface area (Å²) in [6.07, 6.45) is 4.80. The Morgan fingerprint density at radius 1 is 1.44 bits per heavy atom. The predicted octanol–water partition coefficient (Wildman–Crippen LogP) is 1.11. The number of hydrogen-bond donors (Lipinski definition) is 1. The van der Waals surface area contributed by atoms with Crippen LogP contribution < -0.4 is 0 Å². The summed E-state index contributed by atoms with van der Waals surface area (Å²) in [7, 11) is 0. The summed E-state index contributed by atoms with van der Waals surface area (Å²) in [5.41, 5.74) is 2.06. The Bertz CT molecular complexity index is 521. The molecule has 0 saturated carbocycles. The van der Waals surface area contributed by atoms with Crippen LogP contribution in [-0.2, 0) is 6.42 Å². The highest BCUT2D eigenvalue weighted by Gasteiger charge is 2.31. The molecule has 1 unspecified atom stereocenters. The van der Waals surface area contributed by atoms with Gasteiger partial charge in [-0.2, -0.15) is 5.10 Å². The van der Waals surface area contributed by atoms with Gasteiger partial charge in [-0.3, -0.25) is 14.9 Å². The van der Waals surface area contributed by atoms with Crippen molar-refractivity contribution in [1.29, 1.82) is 0 Å². The first-order chi connectivity index (χ1) is 7.86. The van der Waals surface area contributed by atoms with Gasteiger partial charge in [0.2, 0.25) is 5.78 Å². The first kappa shape index (κ1) is 9.21. The van der Waals surface area contributed by atoms with E-state index >= 15 is 0 Å². The number of carbonyl (C=O) groups excluding carboxylic acids is 1. The lowest BCUT2D eigenvalue weighted by atomic mass is 10.0. The summed E-state index contributed by atoms with van der Waals surface area (Å²) in [5, 5.41) is 6.30. The number of rotatable bonds is 2. The van der Waals surface area contributed by atoms with E-state index in [2.05, 4.69) is 20.2 Å². The maximum Gasteiger partial charge on any atom is 0.208 e.